The number of H-pyrrole nitrogens is 1. The fourth-order valence-corrected chi connectivity index (χ4v) is 4.24. The number of hydrogen-bond acceptors (Lipinski definition) is 6. The highest BCUT2D eigenvalue weighted by Gasteiger charge is 2.13. The van der Waals surface area contributed by atoms with Crippen molar-refractivity contribution in [2.75, 3.05) is 11.9 Å². The van der Waals surface area contributed by atoms with Crippen molar-refractivity contribution in [2.24, 2.45) is 0 Å². The molecule has 0 radical (unpaired) electrons. The summed E-state index contributed by atoms with van der Waals surface area (Å²) < 4.78 is 0.872. The molecule has 0 saturated heterocycles. The number of anilines is 1. The van der Waals surface area contributed by atoms with Crippen LogP contribution in [0.3, 0.4) is 0 Å². The third-order valence-electron chi connectivity index (χ3n) is 5.21. The van der Waals surface area contributed by atoms with Crippen molar-refractivity contribution >= 4 is 39.2 Å². The zero-order valence-electron chi connectivity index (χ0n) is 18.5. The molecule has 10 heteroatoms. The molecule has 2 aromatic carbocycles. The van der Waals surface area contributed by atoms with Crippen LogP contribution in [0.25, 0.3) is 22.2 Å². The number of carbonyl (C=O) groups is 2. The van der Waals surface area contributed by atoms with E-state index in [1.165, 1.54) is 18.3 Å². The zero-order chi connectivity index (χ0) is 24.1. The average Bonchev–Trinajstić information content (AvgIpc) is 3.28. The third kappa shape index (κ3) is 5.46. The summed E-state index contributed by atoms with van der Waals surface area (Å²) in [6.07, 6.45) is 1.71. The van der Waals surface area contributed by atoms with E-state index in [2.05, 4.69) is 20.6 Å². The van der Waals surface area contributed by atoms with Gasteiger partial charge in [0.1, 0.15) is 6.54 Å². The number of aryl methyl sites for hydroxylation is 1. The second-order valence-electron chi connectivity index (χ2n) is 7.74. The van der Waals surface area contributed by atoms with Crippen LogP contribution in [0.4, 0.5) is 5.13 Å². The summed E-state index contributed by atoms with van der Waals surface area (Å²) in [6.45, 7) is 1.73. The van der Waals surface area contributed by atoms with Crippen molar-refractivity contribution in [3.05, 3.63) is 80.3 Å². The third-order valence-corrected chi connectivity index (χ3v) is 5.97. The van der Waals surface area contributed by atoms with Crippen molar-refractivity contribution in [3.63, 3.8) is 0 Å². The van der Waals surface area contributed by atoms with E-state index >= 15 is 0 Å². The number of benzene rings is 2. The predicted octanol–water partition coefficient (Wildman–Crippen LogP) is 2.52. The first-order chi connectivity index (χ1) is 16.4. The maximum Gasteiger partial charge on any atom is 0.329 e. The molecule has 34 heavy (non-hydrogen) atoms. The lowest BCUT2D eigenvalue weighted by Crippen LogP contribution is -2.38. The van der Waals surface area contributed by atoms with Crippen molar-refractivity contribution in [3.8, 4) is 11.3 Å². The second kappa shape index (κ2) is 10.3. The van der Waals surface area contributed by atoms with Gasteiger partial charge >= 0.3 is 5.69 Å². The first kappa shape index (κ1) is 23.1. The van der Waals surface area contributed by atoms with E-state index in [-0.39, 0.29) is 5.91 Å². The number of nitrogens with one attached hydrogen (secondary N) is 3. The zero-order valence-corrected chi connectivity index (χ0v) is 19.3. The molecular formula is C24H23N5O4S. The van der Waals surface area contributed by atoms with Gasteiger partial charge in [0.2, 0.25) is 11.8 Å². The summed E-state index contributed by atoms with van der Waals surface area (Å²) in [5, 5.41) is 7.99. The lowest BCUT2D eigenvalue weighted by atomic mass is 10.1. The molecule has 2 aromatic heterocycles. The molecule has 0 fully saturated rings. The summed E-state index contributed by atoms with van der Waals surface area (Å²) in [5.74, 6) is -0.545. The number of para-hydroxylation sites is 1. The van der Waals surface area contributed by atoms with Gasteiger partial charge in [-0.05, 0) is 30.5 Å². The van der Waals surface area contributed by atoms with Crippen LogP contribution >= 0.6 is 11.3 Å². The number of carbonyl (C=O) groups excluding carboxylic acids is 2. The van der Waals surface area contributed by atoms with E-state index < -0.39 is 23.7 Å². The largest absolute Gasteiger partial charge is 0.356 e. The molecule has 3 N–H and O–H groups in total. The van der Waals surface area contributed by atoms with E-state index in [9.17, 15) is 19.2 Å². The van der Waals surface area contributed by atoms with Crippen LogP contribution in [-0.4, -0.2) is 32.9 Å². The number of amides is 2. The van der Waals surface area contributed by atoms with Crippen LogP contribution in [0.15, 0.2) is 63.5 Å². The van der Waals surface area contributed by atoms with Gasteiger partial charge in [0, 0.05) is 24.4 Å². The minimum absolute atomic E-state index is 0.0297. The normalized spacial score (nSPS) is 10.9. The Morgan fingerprint density at radius 3 is 2.62 bits per heavy atom. The Kier molecular flexibility index (Phi) is 6.98. The lowest BCUT2D eigenvalue weighted by Gasteiger charge is -2.06. The Morgan fingerprint density at radius 2 is 1.85 bits per heavy atom. The molecule has 174 valence electrons. The molecule has 0 aliphatic heterocycles. The Labute approximate surface area is 198 Å². The van der Waals surface area contributed by atoms with E-state index in [0.29, 0.717) is 28.3 Å². The smallest absolute Gasteiger partial charge is 0.329 e. The molecular weight excluding hydrogens is 454 g/mol. The Balaban J connectivity index is 1.39. The van der Waals surface area contributed by atoms with Gasteiger partial charge in [-0.25, -0.2) is 9.78 Å². The molecule has 0 bridgehead atoms. The van der Waals surface area contributed by atoms with Gasteiger partial charge in [-0.1, -0.05) is 36.4 Å². The quantitative estimate of drug-likeness (QED) is 0.336. The van der Waals surface area contributed by atoms with E-state index in [4.69, 9.17) is 0 Å². The number of aromatic nitrogens is 3. The van der Waals surface area contributed by atoms with Crippen LogP contribution in [0, 0.1) is 0 Å². The van der Waals surface area contributed by atoms with E-state index in [1.54, 1.807) is 24.3 Å². The van der Waals surface area contributed by atoms with Crippen LogP contribution in [0.5, 0.6) is 0 Å². The number of rotatable bonds is 8. The molecule has 0 spiro atoms. The summed E-state index contributed by atoms with van der Waals surface area (Å²) in [6, 6.07) is 14.6. The molecule has 0 aliphatic rings. The molecule has 0 aliphatic carbocycles. The highest BCUT2D eigenvalue weighted by Crippen LogP contribution is 2.25. The van der Waals surface area contributed by atoms with Gasteiger partial charge in [-0.15, -0.1) is 11.3 Å². The van der Waals surface area contributed by atoms with Gasteiger partial charge in [0.15, 0.2) is 5.13 Å². The number of thiazole rings is 1. The van der Waals surface area contributed by atoms with E-state index in [1.807, 2.05) is 29.6 Å². The van der Waals surface area contributed by atoms with Gasteiger partial charge in [-0.2, -0.15) is 0 Å². The molecule has 2 amide bonds. The van der Waals surface area contributed by atoms with Gasteiger partial charge < -0.3 is 15.6 Å². The highest BCUT2D eigenvalue weighted by atomic mass is 32.1. The Bertz CT molecular complexity index is 1450. The molecule has 0 unspecified atom stereocenters. The maximum absolute atomic E-state index is 12.6. The van der Waals surface area contributed by atoms with Crippen LogP contribution in [0.2, 0.25) is 0 Å². The van der Waals surface area contributed by atoms with Crippen LogP contribution in [-0.2, 0) is 22.6 Å². The molecule has 0 atom stereocenters. The lowest BCUT2D eigenvalue weighted by molar-refractivity contribution is -0.119. The molecule has 4 rings (SSSR count). The maximum atomic E-state index is 12.6. The first-order valence-corrected chi connectivity index (χ1v) is 11.6. The minimum atomic E-state index is -0.643. The van der Waals surface area contributed by atoms with Gasteiger partial charge in [0.05, 0.1) is 16.6 Å². The monoisotopic (exact) mass is 477 g/mol. The number of hydrogen-bond donors (Lipinski definition) is 3. The van der Waals surface area contributed by atoms with Crippen molar-refractivity contribution in [2.45, 2.75) is 26.3 Å². The second-order valence-corrected chi connectivity index (χ2v) is 8.59. The molecule has 4 aromatic rings. The fourth-order valence-electron chi connectivity index (χ4n) is 3.51. The predicted molar refractivity (Wildman–Crippen MR) is 132 cm³/mol. The van der Waals surface area contributed by atoms with Gasteiger partial charge in [-0.3, -0.25) is 19.0 Å². The van der Waals surface area contributed by atoms with Crippen LogP contribution < -0.4 is 21.9 Å². The van der Waals surface area contributed by atoms with Crippen molar-refractivity contribution in [1.29, 1.82) is 0 Å². The number of fused-ring (bicyclic) bond motifs is 1. The number of nitrogens with zero attached hydrogens (tertiary/aromatic N) is 2. The SMILES string of the molecule is CC(=O)NCCCc1ccc(-c2csc(NC(=O)Cn3c(=O)[nH]c4ccccc4c3=O)n2)cc1. The molecule has 0 saturated carbocycles. The summed E-state index contributed by atoms with van der Waals surface area (Å²) in [5.41, 5.74) is 2.04. The first-order valence-electron chi connectivity index (χ1n) is 10.7. The number of aromatic amines is 1. The summed E-state index contributed by atoms with van der Waals surface area (Å²) in [7, 11) is 0. The highest BCUT2D eigenvalue weighted by molar-refractivity contribution is 7.14. The molecule has 2 heterocycles. The topological polar surface area (TPSA) is 126 Å². The van der Waals surface area contributed by atoms with Gasteiger partial charge in [0.25, 0.3) is 5.56 Å². The van der Waals surface area contributed by atoms with E-state index in [0.717, 1.165) is 28.5 Å². The Morgan fingerprint density at radius 1 is 1.09 bits per heavy atom. The minimum Gasteiger partial charge on any atom is -0.356 e. The summed E-state index contributed by atoms with van der Waals surface area (Å²) in [4.78, 5) is 55.3. The molecule has 9 nitrogen and oxygen atoms in total. The average molecular weight is 478 g/mol. The summed E-state index contributed by atoms with van der Waals surface area (Å²) >= 11 is 1.26. The van der Waals surface area contributed by atoms with Crippen LogP contribution in [0.1, 0.15) is 18.9 Å². The van der Waals surface area contributed by atoms with Crippen molar-refractivity contribution < 1.29 is 9.59 Å². The fraction of sp³-hybridized carbons (Fsp3) is 0.208. The van der Waals surface area contributed by atoms with Crippen molar-refractivity contribution in [1.82, 2.24) is 19.9 Å². The standard InChI is InChI=1S/C24H23N5O4S/c1-15(30)25-12-4-5-16-8-10-17(11-9-16)20-14-34-23(26-20)28-21(31)13-29-22(32)18-6-2-3-7-19(18)27-24(29)33/h2-3,6-11,14H,4-5,12-13H2,1H3,(H,25,30)(H,27,33)(H,26,28,31). The Hall–Kier alpha value is -4.05.